The average molecular weight is 354 g/mol. The molecule has 0 fully saturated rings. The zero-order chi connectivity index (χ0) is 18.5. The van der Waals surface area contributed by atoms with Gasteiger partial charge in [0, 0.05) is 0 Å². The predicted molar refractivity (Wildman–Crippen MR) is 96.4 cm³/mol. The Balaban J connectivity index is 1.88. The van der Waals surface area contributed by atoms with Crippen molar-refractivity contribution in [1.29, 1.82) is 0 Å². The zero-order valence-corrected chi connectivity index (χ0v) is 14.6. The van der Waals surface area contributed by atoms with Gasteiger partial charge in [0.1, 0.15) is 5.75 Å². The van der Waals surface area contributed by atoms with E-state index < -0.39 is 0 Å². The molecule has 1 N–H and O–H groups in total. The Labute approximate surface area is 150 Å². The fourth-order valence-electron chi connectivity index (χ4n) is 2.43. The van der Waals surface area contributed by atoms with Gasteiger partial charge in [0.2, 0.25) is 5.75 Å². The van der Waals surface area contributed by atoms with Gasteiger partial charge in [-0.05, 0) is 35.9 Å². The van der Waals surface area contributed by atoms with Crippen molar-refractivity contribution in [2.24, 2.45) is 0 Å². The molecule has 0 amide bonds. The molecule has 134 valence electrons. The molecule has 0 atom stereocenters. The van der Waals surface area contributed by atoms with Crippen molar-refractivity contribution in [1.82, 2.24) is 10.1 Å². The molecule has 7 heteroatoms. The third kappa shape index (κ3) is 3.46. The van der Waals surface area contributed by atoms with Gasteiger partial charge in [0.25, 0.3) is 5.89 Å². The van der Waals surface area contributed by atoms with Crippen LogP contribution in [0.25, 0.3) is 23.6 Å². The van der Waals surface area contributed by atoms with Gasteiger partial charge in [-0.25, -0.2) is 0 Å². The number of hydrogen-bond acceptors (Lipinski definition) is 7. The quantitative estimate of drug-likeness (QED) is 0.723. The number of aromatic hydroxyl groups is 1. The van der Waals surface area contributed by atoms with Crippen molar-refractivity contribution in [3.8, 4) is 34.5 Å². The van der Waals surface area contributed by atoms with Crippen molar-refractivity contribution < 1.29 is 23.8 Å². The first-order valence-corrected chi connectivity index (χ1v) is 7.76. The molecule has 0 saturated carbocycles. The summed E-state index contributed by atoms with van der Waals surface area (Å²) in [7, 11) is 4.67. The molecule has 0 aliphatic rings. The summed E-state index contributed by atoms with van der Waals surface area (Å²) in [5, 5.41) is 13.8. The van der Waals surface area contributed by atoms with Gasteiger partial charge >= 0.3 is 0 Å². The maximum Gasteiger partial charge on any atom is 0.261 e. The van der Waals surface area contributed by atoms with Crippen molar-refractivity contribution in [2.75, 3.05) is 21.3 Å². The fraction of sp³-hybridized carbons (Fsp3) is 0.158. The van der Waals surface area contributed by atoms with Gasteiger partial charge in [-0.1, -0.05) is 23.4 Å². The molecule has 1 aromatic heterocycles. The van der Waals surface area contributed by atoms with Crippen LogP contribution in [0, 0.1) is 0 Å². The van der Waals surface area contributed by atoms with Crippen LogP contribution in [-0.2, 0) is 0 Å². The summed E-state index contributed by atoms with van der Waals surface area (Å²) in [6, 6.07) is 10.4. The van der Waals surface area contributed by atoms with Crippen LogP contribution in [0.5, 0.6) is 23.0 Å². The molecule has 3 aromatic rings. The summed E-state index contributed by atoms with van der Waals surface area (Å²) < 4.78 is 21.2. The van der Waals surface area contributed by atoms with Gasteiger partial charge in [-0.2, -0.15) is 4.98 Å². The third-order valence-electron chi connectivity index (χ3n) is 3.69. The van der Waals surface area contributed by atoms with Crippen molar-refractivity contribution in [3.63, 3.8) is 0 Å². The predicted octanol–water partition coefficient (Wildman–Crippen LogP) is 3.64. The first-order valence-electron chi connectivity index (χ1n) is 7.76. The Hall–Kier alpha value is -3.48. The molecule has 0 aliphatic heterocycles. The molecule has 0 spiro atoms. The lowest BCUT2D eigenvalue weighted by Gasteiger charge is -2.12. The van der Waals surface area contributed by atoms with Crippen molar-refractivity contribution in [3.05, 3.63) is 47.8 Å². The highest BCUT2D eigenvalue weighted by molar-refractivity contribution is 5.71. The maximum atomic E-state index is 9.86. The minimum absolute atomic E-state index is 0.0799. The van der Waals surface area contributed by atoms with Gasteiger partial charge in [0.05, 0.1) is 26.9 Å². The normalized spacial score (nSPS) is 10.9. The van der Waals surface area contributed by atoms with E-state index in [2.05, 4.69) is 10.1 Å². The molecule has 0 radical (unpaired) electrons. The lowest BCUT2D eigenvalue weighted by atomic mass is 10.1. The Morgan fingerprint density at radius 3 is 2.27 bits per heavy atom. The van der Waals surface area contributed by atoms with E-state index in [1.54, 1.807) is 57.7 Å². The van der Waals surface area contributed by atoms with Crippen LogP contribution in [-0.4, -0.2) is 36.6 Å². The van der Waals surface area contributed by atoms with E-state index in [0.717, 1.165) is 5.56 Å². The minimum atomic E-state index is 0.0799. The lowest BCUT2D eigenvalue weighted by molar-refractivity contribution is 0.324. The summed E-state index contributed by atoms with van der Waals surface area (Å²) in [5.41, 5.74) is 1.29. The van der Waals surface area contributed by atoms with Crippen LogP contribution in [0.2, 0.25) is 0 Å². The molecule has 3 rings (SSSR count). The number of para-hydroxylation sites is 1. The van der Waals surface area contributed by atoms with Crippen LogP contribution in [0.15, 0.2) is 40.9 Å². The smallest absolute Gasteiger partial charge is 0.261 e. The monoisotopic (exact) mass is 354 g/mol. The summed E-state index contributed by atoms with van der Waals surface area (Å²) in [4.78, 5) is 4.26. The second-order valence-corrected chi connectivity index (χ2v) is 5.27. The van der Waals surface area contributed by atoms with E-state index in [1.807, 2.05) is 12.1 Å². The molecule has 0 bridgehead atoms. The molecule has 2 aromatic carbocycles. The van der Waals surface area contributed by atoms with Crippen LogP contribution in [0.1, 0.15) is 11.4 Å². The topological polar surface area (TPSA) is 86.8 Å². The number of methoxy groups -OCH3 is 3. The average Bonchev–Trinajstić information content (AvgIpc) is 3.14. The lowest BCUT2D eigenvalue weighted by Crippen LogP contribution is -1.95. The van der Waals surface area contributed by atoms with Gasteiger partial charge in [0.15, 0.2) is 17.3 Å². The fourth-order valence-corrected chi connectivity index (χ4v) is 2.43. The highest BCUT2D eigenvalue weighted by atomic mass is 16.5. The number of hydrogen-bond donors (Lipinski definition) is 1. The van der Waals surface area contributed by atoms with Crippen LogP contribution >= 0.6 is 0 Å². The van der Waals surface area contributed by atoms with Crippen molar-refractivity contribution in [2.45, 2.75) is 0 Å². The summed E-state index contributed by atoms with van der Waals surface area (Å²) in [5.74, 6) is 2.32. The Morgan fingerprint density at radius 2 is 1.65 bits per heavy atom. The molecule has 1 heterocycles. The molecular formula is C19H18N2O5. The molecule has 0 saturated heterocycles. The van der Waals surface area contributed by atoms with E-state index in [4.69, 9.17) is 18.7 Å². The molecule has 0 aliphatic carbocycles. The summed E-state index contributed by atoms with van der Waals surface area (Å²) in [6.07, 6.45) is 3.48. The van der Waals surface area contributed by atoms with E-state index >= 15 is 0 Å². The Morgan fingerprint density at radius 1 is 0.962 bits per heavy atom. The standard InChI is InChI=1S/C19H18N2O5/c1-23-15-10-12(11-16(24-2)18(15)25-3)8-9-17-20-19(26-21-17)13-6-4-5-7-14(13)22/h4-11,22H,1-3H3/b9-8+. The van der Waals surface area contributed by atoms with E-state index in [9.17, 15) is 5.11 Å². The number of phenols is 1. The van der Waals surface area contributed by atoms with Gasteiger partial charge in [-0.15, -0.1) is 0 Å². The summed E-state index contributed by atoms with van der Waals surface area (Å²) >= 11 is 0. The number of nitrogens with zero attached hydrogens (tertiary/aromatic N) is 2. The van der Waals surface area contributed by atoms with Gasteiger partial charge < -0.3 is 23.8 Å². The number of phenolic OH excluding ortho intramolecular Hbond substituents is 1. The number of aromatic nitrogens is 2. The second kappa shape index (κ2) is 7.60. The van der Waals surface area contributed by atoms with E-state index in [-0.39, 0.29) is 11.6 Å². The number of benzene rings is 2. The Kier molecular flexibility index (Phi) is 5.07. The molecular weight excluding hydrogens is 336 g/mol. The molecule has 7 nitrogen and oxygen atoms in total. The minimum Gasteiger partial charge on any atom is -0.507 e. The van der Waals surface area contributed by atoms with E-state index in [0.29, 0.717) is 28.6 Å². The SMILES string of the molecule is COc1cc(/C=C/c2noc(-c3ccccc3O)n2)cc(OC)c1OC. The zero-order valence-electron chi connectivity index (χ0n) is 14.6. The Bertz CT molecular complexity index is 908. The molecule has 26 heavy (non-hydrogen) atoms. The summed E-state index contributed by atoms with van der Waals surface area (Å²) in [6.45, 7) is 0. The highest BCUT2D eigenvalue weighted by Gasteiger charge is 2.13. The van der Waals surface area contributed by atoms with Crippen LogP contribution < -0.4 is 14.2 Å². The van der Waals surface area contributed by atoms with Crippen LogP contribution in [0.3, 0.4) is 0 Å². The van der Waals surface area contributed by atoms with Gasteiger partial charge in [-0.3, -0.25) is 0 Å². The first-order chi connectivity index (χ1) is 12.7. The van der Waals surface area contributed by atoms with Crippen molar-refractivity contribution >= 4 is 12.2 Å². The second-order valence-electron chi connectivity index (χ2n) is 5.27. The maximum absolute atomic E-state index is 9.86. The highest BCUT2D eigenvalue weighted by Crippen LogP contribution is 2.38. The number of rotatable bonds is 6. The van der Waals surface area contributed by atoms with E-state index in [1.165, 1.54) is 0 Å². The number of ether oxygens (including phenoxy) is 3. The first kappa shape index (κ1) is 17.3. The van der Waals surface area contributed by atoms with Crippen LogP contribution in [0.4, 0.5) is 0 Å². The largest absolute Gasteiger partial charge is 0.507 e. The molecule has 0 unspecified atom stereocenters. The third-order valence-corrected chi connectivity index (χ3v) is 3.69.